The van der Waals surface area contributed by atoms with Crippen LogP contribution in [0.25, 0.3) is 11.8 Å². The molecule has 3 rings (SSSR count). The van der Waals surface area contributed by atoms with Gasteiger partial charge in [-0.1, -0.05) is 30.3 Å². The van der Waals surface area contributed by atoms with E-state index in [4.69, 9.17) is 5.11 Å². The molecule has 1 unspecified atom stereocenters. The van der Waals surface area contributed by atoms with Crippen LogP contribution in [0.5, 0.6) is 0 Å². The summed E-state index contributed by atoms with van der Waals surface area (Å²) in [5, 5.41) is 20.4. The zero-order valence-corrected chi connectivity index (χ0v) is 13.2. The molecule has 0 spiro atoms. The van der Waals surface area contributed by atoms with E-state index in [0.29, 0.717) is 24.5 Å². The molecule has 0 bridgehead atoms. The number of carbonyl (C=O) groups excluding carboxylic acids is 1. The molecule has 1 amide bonds. The molecule has 0 radical (unpaired) electrons. The first-order chi connectivity index (χ1) is 11.6. The number of tetrazole rings is 1. The third-order valence-corrected chi connectivity index (χ3v) is 4.00. The Hall–Kier alpha value is -3.03. The SMILES string of the molecule is Cc1nnnn1/C(=C/c1ccccc1)C(=O)N1CCC(C(=O)O)C1. The van der Waals surface area contributed by atoms with E-state index in [-0.39, 0.29) is 12.5 Å². The second-order valence-corrected chi connectivity index (χ2v) is 5.65. The number of hydrogen-bond acceptors (Lipinski definition) is 5. The smallest absolute Gasteiger partial charge is 0.308 e. The Bertz CT molecular complexity index is 784. The highest BCUT2D eigenvalue weighted by atomic mass is 16.4. The zero-order chi connectivity index (χ0) is 17.1. The van der Waals surface area contributed by atoms with Gasteiger partial charge < -0.3 is 10.0 Å². The highest BCUT2D eigenvalue weighted by Gasteiger charge is 2.33. The molecule has 0 aliphatic carbocycles. The van der Waals surface area contributed by atoms with Crippen LogP contribution in [0, 0.1) is 12.8 Å². The molecule has 1 N–H and O–H groups in total. The summed E-state index contributed by atoms with van der Waals surface area (Å²) in [6.07, 6.45) is 2.16. The van der Waals surface area contributed by atoms with Crippen LogP contribution in [0.2, 0.25) is 0 Å². The van der Waals surface area contributed by atoms with Crippen LogP contribution < -0.4 is 0 Å². The fourth-order valence-electron chi connectivity index (χ4n) is 2.68. The average Bonchev–Trinajstić information content (AvgIpc) is 3.22. The zero-order valence-electron chi connectivity index (χ0n) is 13.2. The minimum atomic E-state index is -0.877. The molecule has 2 heterocycles. The summed E-state index contributed by atoms with van der Waals surface area (Å²) in [7, 11) is 0. The van der Waals surface area contributed by atoms with Gasteiger partial charge in [-0.05, 0) is 35.4 Å². The van der Waals surface area contributed by atoms with Crippen molar-refractivity contribution in [2.45, 2.75) is 13.3 Å². The van der Waals surface area contributed by atoms with Gasteiger partial charge in [-0.25, -0.2) is 0 Å². The molecule has 1 saturated heterocycles. The van der Waals surface area contributed by atoms with E-state index in [1.807, 2.05) is 30.3 Å². The fourth-order valence-corrected chi connectivity index (χ4v) is 2.68. The molecule has 1 aromatic heterocycles. The third-order valence-electron chi connectivity index (χ3n) is 4.00. The van der Waals surface area contributed by atoms with Crippen molar-refractivity contribution in [1.29, 1.82) is 0 Å². The summed E-state index contributed by atoms with van der Waals surface area (Å²) in [6.45, 7) is 2.31. The van der Waals surface area contributed by atoms with E-state index in [2.05, 4.69) is 15.5 Å². The van der Waals surface area contributed by atoms with Crippen LogP contribution >= 0.6 is 0 Å². The van der Waals surface area contributed by atoms with Crippen molar-refractivity contribution < 1.29 is 14.7 Å². The average molecular weight is 327 g/mol. The quantitative estimate of drug-likeness (QED) is 0.838. The lowest BCUT2D eigenvalue weighted by Gasteiger charge is -2.18. The van der Waals surface area contributed by atoms with Gasteiger partial charge in [-0.2, -0.15) is 4.68 Å². The summed E-state index contributed by atoms with van der Waals surface area (Å²) in [6, 6.07) is 9.38. The molecule has 8 nitrogen and oxygen atoms in total. The lowest BCUT2D eigenvalue weighted by Crippen LogP contribution is -2.32. The fraction of sp³-hybridized carbons (Fsp3) is 0.312. The topological polar surface area (TPSA) is 101 Å². The minimum absolute atomic E-state index is 0.196. The van der Waals surface area contributed by atoms with Gasteiger partial charge >= 0.3 is 5.97 Å². The van der Waals surface area contributed by atoms with E-state index in [9.17, 15) is 9.59 Å². The Morgan fingerprint density at radius 3 is 2.62 bits per heavy atom. The van der Waals surface area contributed by atoms with Crippen molar-refractivity contribution in [3.63, 3.8) is 0 Å². The highest BCUT2D eigenvalue weighted by molar-refractivity contribution is 6.18. The first-order valence-corrected chi connectivity index (χ1v) is 7.60. The van der Waals surface area contributed by atoms with Crippen molar-refractivity contribution >= 4 is 23.6 Å². The molecule has 0 saturated carbocycles. The second kappa shape index (κ2) is 6.61. The molecule has 24 heavy (non-hydrogen) atoms. The van der Waals surface area contributed by atoms with Crippen molar-refractivity contribution in [1.82, 2.24) is 25.1 Å². The molecule has 124 valence electrons. The van der Waals surface area contributed by atoms with Gasteiger partial charge in [0.15, 0.2) is 5.82 Å². The first-order valence-electron chi connectivity index (χ1n) is 7.60. The number of aliphatic carboxylic acids is 1. The van der Waals surface area contributed by atoms with E-state index in [1.165, 1.54) is 9.58 Å². The maximum atomic E-state index is 12.9. The number of hydrogen-bond donors (Lipinski definition) is 1. The number of likely N-dealkylation sites (tertiary alicyclic amines) is 1. The van der Waals surface area contributed by atoms with Crippen molar-refractivity contribution in [2.75, 3.05) is 13.1 Å². The van der Waals surface area contributed by atoms with Crippen LogP contribution in [0.4, 0.5) is 0 Å². The minimum Gasteiger partial charge on any atom is -0.481 e. The highest BCUT2D eigenvalue weighted by Crippen LogP contribution is 2.21. The summed E-state index contributed by atoms with van der Waals surface area (Å²) in [5.41, 5.74) is 1.14. The van der Waals surface area contributed by atoms with Gasteiger partial charge in [0.25, 0.3) is 5.91 Å². The third kappa shape index (κ3) is 3.17. The van der Waals surface area contributed by atoms with Crippen molar-refractivity contribution in [2.24, 2.45) is 5.92 Å². The van der Waals surface area contributed by atoms with Crippen LogP contribution in [-0.2, 0) is 9.59 Å². The maximum Gasteiger partial charge on any atom is 0.308 e. The molecule has 1 aliphatic rings. The van der Waals surface area contributed by atoms with E-state index in [1.54, 1.807) is 13.0 Å². The Kier molecular flexibility index (Phi) is 4.37. The Labute approximate surface area is 138 Å². The van der Waals surface area contributed by atoms with Crippen molar-refractivity contribution in [3.05, 3.63) is 41.7 Å². The standard InChI is InChI=1S/C16H17N5O3/c1-11-17-18-19-21(11)14(9-12-5-3-2-4-6-12)15(22)20-8-7-13(10-20)16(23)24/h2-6,9,13H,7-8,10H2,1H3,(H,23,24)/b14-9+. The number of rotatable bonds is 4. The molecule has 2 aromatic rings. The van der Waals surface area contributed by atoms with Crippen LogP contribution in [0.15, 0.2) is 30.3 Å². The lowest BCUT2D eigenvalue weighted by molar-refractivity contribution is -0.141. The Morgan fingerprint density at radius 2 is 2.04 bits per heavy atom. The number of amides is 1. The van der Waals surface area contributed by atoms with Gasteiger partial charge in [0.1, 0.15) is 5.70 Å². The summed E-state index contributed by atoms with van der Waals surface area (Å²) < 4.78 is 1.38. The molecule has 1 fully saturated rings. The van der Waals surface area contributed by atoms with E-state index >= 15 is 0 Å². The predicted octanol–water partition coefficient (Wildman–Crippen LogP) is 0.913. The molecule has 1 aliphatic heterocycles. The number of aromatic nitrogens is 4. The van der Waals surface area contributed by atoms with Gasteiger partial charge in [-0.15, -0.1) is 5.10 Å². The molecular formula is C16H17N5O3. The number of aryl methyl sites for hydroxylation is 1. The van der Waals surface area contributed by atoms with Gasteiger partial charge in [0.2, 0.25) is 0 Å². The summed E-state index contributed by atoms with van der Waals surface area (Å²) in [5.74, 6) is -1.20. The van der Waals surface area contributed by atoms with Crippen LogP contribution in [0.1, 0.15) is 17.8 Å². The van der Waals surface area contributed by atoms with E-state index < -0.39 is 11.9 Å². The number of carboxylic acids is 1. The molecule has 1 atom stereocenters. The van der Waals surface area contributed by atoms with Gasteiger partial charge in [0.05, 0.1) is 5.92 Å². The second-order valence-electron chi connectivity index (χ2n) is 5.65. The summed E-state index contributed by atoms with van der Waals surface area (Å²) >= 11 is 0. The maximum absolute atomic E-state index is 12.9. The number of carboxylic acid groups (broad SMARTS) is 1. The molecule has 8 heteroatoms. The number of carbonyl (C=O) groups is 2. The largest absolute Gasteiger partial charge is 0.481 e. The van der Waals surface area contributed by atoms with Crippen LogP contribution in [0.3, 0.4) is 0 Å². The number of benzene rings is 1. The Morgan fingerprint density at radius 1 is 1.29 bits per heavy atom. The number of nitrogens with zero attached hydrogens (tertiary/aromatic N) is 5. The van der Waals surface area contributed by atoms with Crippen molar-refractivity contribution in [3.8, 4) is 0 Å². The molecular weight excluding hydrogens is 310 g/mol. The normalized spacial score (nSPS) is 18.0. The molecule has 1 aromatic carbocycles. The summed E-state index contributed by atoms with van der Waals surface area (Å²) in [4.78, 5) is 25.6. The monoisotopic (exact) mass is 327 g/mol. The lowest BCUT2D eigenvalue weighted by atomic mass is 10.1. The van der Waals surface area contributed by atoms with E-state index in [0.717, 1.165) is 5.56 Å². The van der Waals surface area contributed by atoms with Gasteiger partial charge in [-0.3, -0.25) is 9.59 Å². The van der Waals surface area contributed by atoms with Gasteiger partial charge in [0, 0.05) is 13.1 Å². The first kappa shape index (κ1) is 15.9. The van der Waals surface area contributed by atoms with Crippen LogP contribution in [-0.4, -0.2) is 55.2 Å². The predicted molar refractivity (Wildman–Crippen MR) is 85.5 cm³/mol. The Balaban J connectivity index is 1.94.